The fourth-order valence-corrected chi connectivity index (χ4v) is 3.45. The minimum Gasteiger partial charge on any atom is -0.383 e. The highest BCUT2D eigenvalue weighted by Gasteiger charge is 2.36. The number of imide groups is 1. The lowest BCUT2D eigenvalue weighted by Crippen LogP contribution is -2.41. The zero-order valence-corrected chi connectivity index (χ0v) is 16.4. The highest BCUT2D eigenvalue weighted by molar-refractivity contribution is 6.31. The van der Waals surface area contributed by atoms with Gasteiger partial charge in [-0.15, -0.1) is 0 Å². The van der Waals surface area contributed by atoms with Crippen molar-refractivity contribution in [2.45, 2.75) is 0 Å². The summed E-state index contributed by atoms with van der Waals surface area (Å²) < 4.78 is 13.3. The van der Waals surface area contributed by atoms with E-state index in [-0.39, 0.29) is 17.7 Å². The molecule has 1 aliphatic heterocycles. The van der Waals surface area contributed by atoms with Crippen LogP contribution in [0.15, 0.2) is 48.7 Å². The van der Waals surface area contributed by atoms with E-state index in [2.05, 4.69) is 15.6 Å². The summed E-state index contributed by atoms with van der Waals surface area (Å²) in [4.78, 5) is 41.8. The van der Waals surface area contributed by atoms with E-state index in [4.69, 9.17) is 11.6 Å². The first kappa shape index (κ1) is 19.8. The van der Waals surface area contributed by atoms with Gasteiger partial charge in [-0.05, 0) is 42.5 Å². The second kappa shape index (κ2) is 8.08. The smallest absolute Gasteiger partial charge is 0.262 e. The van der Waals surface area contributed by atoms with Crippen molar-refractivity contribution in [1.29, 1.82) is 0 Å². The van der Waals surface area contributed by atoms with Gasteiger partial charge in [-0.3, -0.25) is 24.3 Å². The van der Waals surface area contributed by atoms with Crippen LogP contribution in [0.5, 0.6) is 0 Å². The predicted molar refractivity (Wildman–Crippen MR) is 110 cm³/mol. The van der Waals surface area contributed by atoms with E-state index in [1.54, 1.807) is 18.3 Å². The van der Waals surface area contributed by atoms with Gasteiger partial charge in [0, 0.05) is 35.4 Å². The average molecular weight is 427 g/mol. The van der Waals surface area contributed by atoms with Crippen molar-refractivity contribution >= 4 is 45.9 Å². The normalized spacial score (nSPS) is 12.9. The van der Waals surface area contributed by atoms with E-state index >= 15 is 0 Å². The second-order valence-corrected chi connectivity index (χ2v) is 7.12. The third-order valence-corrected chi connectivity index (χ3v) is 4.94. The van der Waals surface area contributed by atoms with Gasteiger partial charge in [-0.2, -0.15) is 0 Å². The van der Waals surface area contributed by atoms with E-state index in [0.29, 0.717) is 11.6 Å². The van der Waals surface area contributed by atoms with Gasteiger partial charge in [0.15, 0.2) is 0 Å². The third kappa shape index (κ3) is 3.81. The van der Waals surface area contributed by atoms with Gasteiger partial charge in [0.2, 0.25) is 5.91 Å². The molecular formula is C21H16ClFN4O3. The van der Waals surface area contributed by atoms with Crippen molar-refractivity contribution in [2.24, 2.45) is 0 Å². The molecule has 152 valence electrons. The van der Waals surface area contributed by atoms with Gasteiger partial charge in [-0.1, -0.05) is 11.6 Å². The first-order valence-electron chi connectivity index (χ1n) is 9.14. The van der Waals surface area contributed by atoms with Crippen LogP contribution in [-0.4, -0.2) is 47.2 Å². The average Bonchev–Trinajstić information content (AvgIpc) is 2.95. The monoisotopic (exact) mass is 426 g/mol. The molecule has 1 aliphatic rings. The summed E-state index contributed by atoms with van der Waals surface area (Å²) >= 11 is 5.98. The van der Waals surface area contributed by atoms with Crippen molar-refractivity contribution in [3.63, 3.8) is 0 Å². The molecule has 0 aliphatic carbocycles. The number of amides is 3. The van der Waals surface area contributed by atoms with Gasteiger partial charge in [-0.25, -0.2) is 4.39 Å². The van der Waals surface area contributed by atoms with Crippen LogP contribution in [0.3, 0.4) is 0 Å². The van der Waals surface area contributed by atoms with Gasteiger partial charge in [0.25, 0.3) is 11.8 Å². The van der Waals surface area contributed by atoms with E-state index in [1.807, 2.05) is 12.1 Å². The SMILES string of the molecule is O=C(CN1C(=O)c2ccc(F)cc2C1=O)NCCNc1ccnc2cc(Cl)ccc12. The molecule has 7 nitrogen and oxygen atoms in total. The molecule has 0 radical (unpaired) electrons. The maximum Gasteiger partial charge on any atom is 0.262 e. The summed E-state index contributed by atoms with van der Waals surface area (Å²) in [5.41, 5.74) is 1.66. The summed E-state index contributed by atoms with van der Waals surface area (Å²) in [6.07, 6.45) is 1.66. The zero-order valence-electron chi connectivity index (χ0n) is 15.6. The number of hydrogen-bond acceptors (Lipinski definition) is 5. The Morgan fingerprint density at radius 2 is 1.83 bits per heavy atom. The molecule has 0 saturated heterocycles. The quantitative estimate of drug-likeness (QED) is 0.467. The summed E-state index contributed by atoms with van der Waals surface area (Å²) in [5, 5.41) is 7.35. The van der Waals surface area contributed by atoms with Gasteiger partial charge in [0.05, 0.1) is 16.6 Å². The molecular weight excluding hydrogens is 411 g/mol. The fourth-order valence-electron chi connectivity index (χ4n) is 3.28. The van der Waals surface area contributed by atoms with E-state index in [9.17, 15) is 18.8 Å². The number of fused-ring (bicyclic) bond motifs is 2. The standard InChI is InChI=1S/C21H16ClFN4O3/c22-12-1-3-15-17(5-6-24-18(15)9-12)25-7-8-26-19(28)11-27-20(29)14-4-2-13(23)10-16(14)21(27)30/h1-6,9-10H,7-8,11H2,(H,24,25)(H,26,28). The van der Waals surface area contributed by atoms with E-state index in [0.717, 1.165) is 33.6 Å². The molecule has 2 N–H and O–H groups in total. The number of rotatable bonds is 6. The molecule has 4 rings (SSSR count). The highest BCUT2D eigenvalue weighted by atomic mass is 35.5. The Labute approximate surface area is 175 Å². The van der Waals surface area contributed by atoms with Crippen molar-refractivity contribution in [1.82, 2.24) is 15.2 Å². The van der Waals surface area contributed by atoms with Crippen LogP contribution in [0.4, 0.5) is 10.1 Å². The van der Waals surface area contributed by atoms with Crippen LogP contribution in [0.2, 0.25) is 5.02 Å². The lowest BCUT2D eigenvalue weighted by molar-refractivity contribution is -0.121. The molecule has 0 fully saturated rings. The number of anilines is 1. The van der Waals surface area contributed by atoms with Crippen LogP contribution in [0.25, 0.3) is 10.9 Å². The molecule has 1 aromatic heterocycles. The Morgan fingerprint density at radius 3 is 2.67 bits per heavy atom. The molecule has 0 unspecified atom stereocenters. The summed E-state index contributed by atoms with van der Waals surface area (Å²) in [7, 11) is 0. The van der Waals surface area contributed by atoms with Crippen LogP contribution in [0.1, 0.15) is 20.7 Å². The van der Waals surface area contributed by atoms with Crippen molar-refractivity contribution < 1.29 is 18.8 Å². The van der Waals surface area contributed by atoms with Gasteiger partial charge < -0.3 is 10.6 Å². The zero-order chi connectivity index (χ0) is 21.3. The van der Waals surface area contributed by atoms with Crippen LogP contribution in [0, 0.1) is 5.82 Å². The third-order valence-electron chi connectivity index (χ3n) is 4.70. The molecule has 3 amide bonds. The molecule has 2 heterocycles. The number of nitrogens with one attached hydrogen (secondary N) is 2. The number of benzene rings is 2. The van der Waals surface area contributed by atoms with Crippen LogP contribution >= 0.6 is 11.6 Å². The molecule has 0 atom stereocenters. The molecule has 2 aromatic carbocycles. The van der Waals surface area contributed by atoms with Crippen molar-refractivity contribution in [2.75, 3.05) is 25.0 Å². The van der Waals surface area contributed by atoms with Crippen LogP contribution < -0.4 is 10.6 Å². The summed E-state index contributed by atoms with van der Waals surface area (Å²) in [5.74, 6) is -2.38. The first-order valence-corrected chi connectivity index (χ1v) is 9.52. The summed E-state index contributed by atoms with van der Waals surface area (Å²) in [6, 6.07) is 10.6. The van der Waals surface area contributed by atoms with E-state index in [1.165, 1.54) is 6.07 Å². The number of hydrogen-bond donors (Lipinski definition) is 2. The number of halogens is 2. The molecule has 3 aromatic rings. The maximum atomic E-state index is 13.3. The number of aromatic nitrogens is 1. The first-order chi connectivity index (χ1) is 14.4. The number of carbonyl (C=O) groups is 3. The van der Waals surface area contributed by atoms with Crippen molar-refractivity contribution in [3.8, 4) is 0 Å². The minimum atomic E-state index is -0.676. The Morgan fingerprint density at radius 1 is 1.03 bits per heavy atom. The molecule has 0 spiro atoms. The largest absolute Gasteiger partial charge is 0.383 e. The Bertz CT molecular complexity index is 1180. The fraction of sp³-hybridized carbons (Fsp3) is 0.143. The highest BCUT2D eigenvalue weighted by Crippen LogP contribution is 2.24. The number of pyridine rings is 1. The summed E-state index contributed by atoms with van der Waals surface area (Å²) in [6.45, 7) is 0.263. The number of carbonyl (C=O) groups excluding carboxylic acids is 3. The lowest BCUT2D eigenvalue weighted by atomic mass is 10.1. The van der Waals surface area contributed by atoms with Crippen LogP contribution in [-0.2, 0) is 4.79 Å². The maximum absolute atomic E-state index is 13.3. The Hall–Kier alpha value is -3.52. The van der Waals surface area contributed by atoms with Crippen molar-refractivity contribution in [3.05, 3.63) is 70.6 Å². The molecule has 9 heteroatoms. The Balaban J connectivity index is 1.31. The molecule has 0 saturated carbocycles. The van der Waals surface area contributed by atoms with Gasteiger partial charge in [0.1, 0.15) is 12.4 Å². The van der Waals surface area contributed by atoms with Gasteiger partial charge >= 0.3 is 0 Å². The molecule has 30 heavy (non-hydrogen) atoms. The minimum absolute atomic E-state index is 0.0286. The van der Waals surface area contributed by atoms with E-state index < -0.39 is 30.1 Å². The predicted octanol–water partition coefficient (Wildman–Crippen LogP) is 2.85. The Kier molecular flexibility index (Phi) is 5.33. The second-order valence-electron chi connectivity index (χ2n) is 6.68. The lowest BCUT2D eigenvalue weighted by Gasteiger charge is -2.14. The molecule has 0 bridgehead atoms. The topological polar surface area (TPSA) is 91.4 Å². The number of nitrogens with zero attached hydrogens (tertiary/aromatic N) is 2.